The molecule has 126 valence electrons. The van der Waals surface area contributed by atoms with Crippen molar-refractivity contribution in [2.45, 2.75) is 27.2 Å². The second kappa shape index (κ2) is 8.15. The number of benzene rings is 2. The lowest BCUT2D eigenvalue weighted by Gasteiger charge is -2.14. The summed E-state index contributed by atoms with van der Waals surface area (Å²) in [6, 6.07) is 12.8. The number of amides is 2. The van der Waals surface area contributed by atoms with Gasteiger partial charge in [-0.2, -0.15) is 0 Å². The van der Waals surface area contributed by atoms with E-state index in [4.69, 9.17) is 4.74 Å². The van der Waals surface area contributed by atoms with E-state index >= 15 is 0 Å². The van der Waals surface area contributed by atoms with Gasteiger partial charge in [0, 0.05) is 5.69 Å². The van der Waals surface area contributed by atoms with Crippen LogP contribution in [0.15, 0.2) is 42.5 Å². The topological polar surface area (TPSA) is 67.4 Å². The zero-order chi connectivity index (χ0) is 17.5. The fourth-order valence-corrected chi connectivity index (χ4v) is 2.40. The summed E-state index contributed by atoms with van der Waals surface area (Å²) in [7, 11) is 0. The van der Waals surface area contributed by atoms with Gasteiger partial charge in [0.2, 0.25) is 0 Å². The molecule has 0 bridgehead atoms. The lowest BCUT2D eigenvalue weighted by Crippen LogP contribution is -2.30. The third-order valence-electron chi connectivity index (χ3n) is 3.62. The first-order valence-corrected chi connectivity index (χ1v) is 7.99. The first-order valence-electron chi connectivity index (χ1n) is 7.99. The third-order valence-corrected chi connectivity index (χ3v) is 3.62. The molecule has 0 saturated carbocycles. The van der Waals surface area contributed by atoms with Crippen LogP contribution in [0.5, 0.6) is 5.75 Å². The van der Waals surface area contributed by atoms with Gasteiger partial charge in [-0.25, -0.2) is 0 Å². The molecule has 24 heavy (non-hydrogen) atoms. The Morgan fingerprint density at radius 3 is 2.38 bits per heavy atom. The number of hydrogen-bond acceptors (Lipinski definition) is 3. The molecule has 0 atom stereocenters. The van der Waals surface area contributed by atoms with Crippen LogP contribution in [0.3, 0.4) is 0 Å². The molecule has 0 aliphatic heterocycles. The summed E-state index contributed by atoms with van der Waals surface area (Å²) < 4.78 is 5.45. The Kier molecular flexibility index (Phi) is 5.95. The van der Waals surface area contributed by atoms with Crippen LogP contribution in [-0.4, -0.2) is 18.4 Å². The minimum absolute atomic E-state index is 0.472. The van der Waals surface area contributed by atoms with Crippen molar-refractivity contribution in [2.24, 2.45) is 0 Å². The maximum Gasteiger partial charge on any atom is 0.314 e. The maximum atomic E-state index is 12.2. The number of para-hydroxylation sites is 3. The monoisotopic (exact) mass is 326 g/mol. The Morgan fingerprint density at radius 2 is 1.67 bits per heavy atom. The molecule has 2 aromatic carbocycles. The Hall–Kier alpha value is -2.82. The molecule has 0 spiro atoms. The van der Waals surface area contributed by atoms with Crippen molar-refractivity contribution >= 4 is 23.2 Å². The Balaban J connectivity index is 2.13. The number of ether oxygens (including phenoxy) is 1. The van der Waals surface area contributed by atoms with E-state index in [1.165, 1.54) is 0 Å². The molecular weight excluding hydrogens is 304 g/mol. The number of carbonyl (C=O) groups is 2. The van der Waals surface area contributed by atoms with Gasteiger partial charge < -0.3 is 15.4 Å². The smallest absolute Gasteiger partial charge is 0.314 e. The van der Waals surface area contributed by atoms with E-state index < -0.39 is 11.8 Å². The quantitative estimate of drug-likeness (QED) is 0.826. The van der Waals surface area contributed by atoms with Crippen LogP contribution in [0.25, 0.3) is 0 Å². The molecular formula is C19H22N2O3. The average Bonchev–Trinajstić information content (AvgIpc) is 2.58. The lowest BCUT2D eigenvalue weighted by atomic mass is 10.1. The Bertz CT molecular complexity index is 741. The van der Waals surface area contributed by atoms with Gasteiger partial charge in [0.1, 0.15) is 5.75 Å². The van der Waals surface area contributed by atoms with Crippen LogP contribution < -0.4 is 15.4 Å². The molecule has 0 aliphatic rings. The second-order valence-electron chi connectivity index (χ2n) is 5.30. The van der Waals surface area contributed by atoms with E-state index in [9.17, 15) is 9.59 Å². The predicted octanol–water partition coefficient (Wildman–Crippen LogP) is 3.53. The maximum absolute atomic E-state index is 12.2. The molecule has 0 heterocycles. The highest BCUT2D eigenvalue weighted by Gasteiger charge is 2.18. The van der Waals surface area contributed by atoms with Crippen molar-refractivity contribution in [3.8, 4) is 5.75 Å². The first-order chi connectivity index (χ1) is 11.6. The van der Waals surface area contributed by atoms with Crippen LogP contribution in [0.4, 0.5) is 11.4 Å². The molecule has 5 nitrogen and oxygen atoms in total. The summed E-state index contributed by atoms with van der Waals surface area (Å²) in [5.41, 5.74) is 3.08. The Morgan fingerprint density at radius 1 is 0.958 bits per heavy atom. The van der Waals surface area contributed by atoms with Crippen molar-refractivity contribution in [3.63, 3.8) is 0 Å². The average molecular weight is 326 g/mol. The minimum atomic E-state index is -0.729. The number of hydrogen-bond donors (Lipinski definition) is 2. The van der Waals surface area contributed by atoms with Gasteiger partial charge in [0.25, 0.3) is 0 Å². The highest BCUT2D eigenvalue weighted by Crippen LogP contribution is 2.24. The fourth-order valence-electron chi connectivity index (χ4n) is 2.40. The lowest BCUT2D eigenvalue weighted by molar-refractivity contribution is -0.133. The summed E-state index contributed by atoms with van der Waals surface area (Å²) in [6.45, 7) is 6.23. The SMILES string of the molecule is CCOc1ccccc1NC(=O)C(=O)Nc1c(C)cccc1CC. The second-order valence-corrected chi connectivity index (χ2v) is 5.30. The summed E-state index contributed by atoms with van der Waals surface area (Å²) in [4.78, 5) is 24.4. The van der Waals surface area contributed by atoms with E-state index in [0.717, 1.165) is 17.5 Å². The summed E-state index contributed by atoms with van der Waals surface area (Å²) >= 11 is 0. The van der Waals surface area contributed by atoms with Crippen LogP contribution in [-0.2, 0) is 16.0 Å². The van der Waals surface area contributed by atoms with E-state index in [1.807, 2.05) is 45.0 Å². The first kappa shape index (κ1) is 17.5. The van der Waals surface area contributed by atoms with Gasteiger partial charge >= 0.3 is 11.8 Å². The summed E-state index contributed by atoms with van der Waals surface area (Å²) in [5, 5.41) is 5.31. The molecule has 0 unspecified atom stereocenters. The predicted molar refractivity (Wildman–Crippen MR) is 95.4 cm³/mol. The van der Waals surface area contributed by atoms with Gasteiger partial charge in [-0.3, -0.25) is 9.59 Å². The van der Waals surface area contributed by atoms with Gasteiger partial charge in [-0.05, 0) is 43.5 Å². The van der Waals surface area contributed by atoms with Crippen LogP contribution in [0.2, 0.25) is 0 Å². The molecule has 2 aromatic rings. The van der Waals surface area contributed by atoms with Crippen molar-refractivity contribution in [1.82, 2.24) is 0 Å². The number of rotatable bonds is 5. The van der Waals surface area contributed by atoms with Crippen molar-refractivity contribution in [3.05, 3.63) is 53.6 Å². The standard InChI is InChI=1S/C19H22N2O3/c1-4-14-10-8-9-13(3)17(14)21-19(23)18(22)20-15-11-6-7-12-16(15)24-5-2/h6-12H,4-5H2,1-3H3,(H,20,22)(H,21,23). The van der Waals surface area contributed by atoms with Crippen LogP contribution in [0, 0.1) is 6.92 Å². The molecule has 0 radical (unpaired) electrons. The largest absolute Gasteiger partial charge is 0.492 e. The van der Waals surface area contributed by atoms with Crippen molar-refractivity contribution in [2.75, 3.05) is 17.2 Å². The van der Waals surface area contributed by atoms with E-state index in [2.05, 4.69) is 10.6 Å². The van der Waals surface area contributed by atoms with E-state index in [0.29, 0.717) is 23.7 Å². The normalized spacial score (nSPS) is 10.1. The van der Waals surface area contributed by atoms with E-state index in [-0.39, 0.29) is 0 Å². The summed E-state index contributed by atoms with van der Waals surface area (Å²) in [6.07, 6.45) is 0.770. The van der Waals surface area contributed by atoms with Crippen LogP contribution in [0.1, 0.15) is 25.0 Å². The van der Waals surface area contributed by atoms with Gasteiger partial charge in [0.15, 0.2) is 0 Å². The van der Waals surface area contributed by atoms with Crippen LogP contribution >= 0.6 is 0 Å². The van der Waals surface area contributed by atoms with Crippen molar-refractivity contribution in [1.29, 1.82) is 0 Å². The molecule has 0 fully saturated rings. The zero-order valence-corrected chi connectivity index (χ0v) is 14.2. The summed E-state index contributed by atoms with van der Waals surface area (Å²) in [5.74, 6) is -0.899. The van der Waals surface area contributed by atoms with E-state index in [1.54, 1.807) is 18.2 Å². The highest BCUT2D eigenvalue weighted by molar-refractivity contribution is 6.44. The number of carbonyl (C=O) groups excluding carboxylic acids is 2. The number of anilines is 2. The third kappa shape index (κ3) is 4.13. The molecule has 2 N–H and O–H groups in total. The molecule has 2 rings (SSSR count). The number of aryl methyl sites for hydroxylation is 2. The van der Waals surface area contributed by atoms with Gasteiger partial charge in [-0.15, -0.1) is 0 Å². The highest BCUT2D eigenvalue weighted by atomic mass is 16.5. The molecule has 0 saturated heterocycles. The zero-order valence-electron chi connectivity index (χ0n) is 14.2. The number of nitrogens with one attached hydrogen (secondary N) is 2. The molecule has 0 aliphatic carbocycles. The molecule has 5 heteroatoms. The minimum Gasteiger partial charge on any atom is -0.492 e. The molecule has 0 aromatic heterocycles. The molecule has 2 amide bonds. The Labute approximate surface area is 142 Å². The fraction of sp³-hybridized carbons (Fsp3) is 0.263. The van der Waals surface area contributed by atoms with Gasteiger partial charge in [-0.1, -0.05) is 37.3 Å². The van der Waals surface area contributed by atoms with Crippen molar-refractivity contribution < 1.29 is 14.3 Å². The van der Waals surface area contributed by atoms with Gasteiger partial charge in [0.05, 0.1) is 12.3 Å².